The fourth-order valence-corrected chi connectivity index (χ4v) is 6.54. The van der Waals surface area contributed by atoms with Crippen LogP contribution in [0.4, 0.5) is 0 Å². The minimum Gasteiger partial charge on any atom is -0.459 e. The van der Waals surface area contributed by atoms with Crippen LogP contribution in [-0.4, -0.2) is 60.0 Å². The van der Waals surface area contributed by atoms with Gasteiger partial charge in [0.25, 0.3) is 0 Å². The highest BCUT2D eigenvalue weighted by Crippen LogP contribution is 2.52. The molecule has 5 nitrogen and oxygen atoms in total. The Morgan fingerprint density at radius 1 is 1.15 bits per heavy atom. The zero-order valence-electron chi connectivity index (χ0n) is 14.7. The summed E-state index contributed by atoms with van der Waals surface area (Å²) in [5, 5.41) is 15.1. The number of morpholine rings is 1. The molecule has 0 spiro atoms. The van der Waals surface area contributed by atoms with E-state index in [4.69, 9.17) is 9.47 Å². The molecule has 3 aliphatic heterocycles. The maximum absolute atomic E-state index is 13.1. The smallest absolute Gasteiger partial charge is 0.349 e. The minimum atomic E-state index is -1.72. The summed E-state index contributed by atoms with van der Waals surface area (Å²) in [7, 11) is 4.49. The van der Waals surface area contributed by atoms with Crippen molar-refractivity contribution in [2.24, 2.45) is 0 Å². The molecule has 2 bridgehead atoms. The molecule has 7 heteroatoms. The summed E-state index contributed by atoms with van der Waals surface area (Å²) >= 11 is 2.74. The van der Waals surface area contributed by atoms with E-state index in [0.717, 1.165) is 17.3 Å². The third-order valence-electron chi connectivity index (χ3n) is 6.36. The van der Waals surface area contributed by atoms with Gasteiger partial charge in [0.15, 0.2) is 0 Å². The molecule has 3 unspecified atom stereocenters. The lowest BCUT2D eigenvalue weighted by Crippen LogP contribution is -2.60. The average molecular weight is 393 g/mol. The van der Waals surface area contributed by atoms with E-state index in [-0.39, 0.29) is 6.10 Å². The molecule has 0 saturated carbocycles. The number of hydrogen-bond donors (Lipinski definition) is 1. The molecule has 2 aromatic rings. The monoisotopic (exact) mass is 392 g/mol. The molecule has 2 aromatic heterocycles. The first-order valence-corrected chi connectivity index (χ1v) is 10.7. The topological polar surface area (TPSA) is 59.1 Å². The molecule has 5 rings (SSSR count). The Hall–Kier alpha value is -1.25. The number of aliphatic hydroxyl groups is 1. The van der Waals surface area contributed by atoms with Gasteiger partial charge in [-0.05, 0) is 22.9 Å². The van der Waals surface area contributed by atoms with E-state index in [1.165, 1.54) is 22.7 Å². The number of likely N-dealkylation sites (N-methyl/N-ethyl adjacent to an activating group) is 1. The number of esters is 1. The van der Waals surface area contributed by atoms with E-state index in [1.54, 1.807) is 12.1 Å². The lowest BCUT2D eigenvalue weighted by molar-refractivity contribution is -0.938. The van der Waals surface area contributed by atoms with Gasteiger partial charge in [0.05, 0.1) is 23.8 Å². The Morgan fingerprint density at radius 2 is 1.69 bits per heavy atom. The van der Waals surface area contributed by atoms with Crippen LogP contribution in [0.1, 0.15) is 22.6 Å². The van der Waals surface area contributed by atoms with Gasteiger partial charge in [-0.1, -0.05) is 12.1 Å². The third-order valence-corrected chi connectivity index (χ3v) is 8.32. The summed E-state index contributed by atoms with van der Waals surface area (Å²) in [6, 6.07) is 8.01. The molecular weight excluding hydrogens is 370 g/mol. The first kappa shape index (κ1) is 16.9. The quantitative estimate of drug-likeness (QED) is 0.493. The molecule has 0 radical (unpaired) electrons. The number of hydrogen-bond acceptors (Lipinski definition) is 6. The van der Waals surface area contributed by atoms with Crippen molar-refractivity contribution in [3.63, 3.8) is 0 Å². The Morgan fingerprint density at radius 3 is 2.15 bits per heavy atom. The second-order valence-electron chi connectivity index (χ2n) is 7.99. The second-order valence-corrected chi connectivity index (χ2v) is 9.89. The highest BCUT2D eigenvalue weighted by Gasteiger charge is 2.71. The van der Waals surface area contributed by atoms with Crippen LogP contribution in [0.5, 0.6) is 0 Å². The maximum Gasteiger partial charge on any atom is 0.349 e. The van der Waals surface area contributed by atoms with Crippen LogP contribution in [0.3, 0.4) is 0 Å². The largest absolute Gasteiger partial charge is 0.459 e. The number of fused-ring (bicyclic) bond motifs is 5. The minimum absolute atomic E-state index is 0.161. The van der Waals surface area contributed by atoms with E-state index < -0.39 is 11.6 Å². The number of carbonyl (C=O) groups excluding carboxylic acids is 1. The first-order chi connectivity index (χ1) is 12.4. The number of rotatable bonds is 4. The van der Waals surface area contributed by atoms with Crippen LogP contribution in [0.25, 0.3) is 0 Å². The first-order valence-electron chi connectivity index (χ1n) is 8.92. The van der Waals surface area contributed by atoms with Gasteiger partial charge in [-0.15, -0.1) is 22.7 Å². The summed E-state index contributed by atoms with van der Waals surface area (Å²) in [5.41, 5.74) is -1.72. The van der Waals surface area contributed by atoms with Crippen molar-refractivity contribution in [3.05, 3.63) is 44.8 Å². The molecule has 26 heavy (non-hydrogen) atoms. The van der Waals surface area contributed by atoms with Crippen LogP contribution in [0.2, 0.25) is 0 Å². The predicted octanol–water partition coefficient (Wildman–Crippen LogP) is 2.35. The zero-order chi connectivity index (χ0) is 18.1. The molecule has 3 saturated heterocycles. The van der Waals surface area contributed by atoms with Gasteiger partial charge in [0, 0.05) is 12.8 Å². The van der Waals surface area contributed by atoms with E-state index in [9.17, 15) is 9.90 Å². The fraction of sp³-hybridized carbons (Fsp3) is 0.526. The molecular formula is C19H22NO4S2+. The molecule has 5 atom stereocenters. The Balaban J connectivity index is 1.40. The summed E-state index contributed by atoms with van der Waals surface area (Å²) in [6.45, 7) is 0. The van der Waals surface area contributed by atoms with E-state index in [1.807, 2.05) is 22.9 Å². The summed E-state index contributed by atoms with van der Waals surface area (Å²) in [5.74, 6) is -0.561. The van der Waals surface area contributed by atoms with E-state index >= 15 is 0 Å². The van der Waals surface area contributed by atoms with Crippen molar-refractivity contribution in [1.29, 1.82) is 0 Å². The summed E-state index contributed by atoms with van der Waals surface area (Å²) in [6.07, 6.45) is 2.05. The summed E-state index contributed by atoms with van der Waals surface area (Å²) in [4.78, 5) is 14.3. The number of quaternary nitrogens is 1. The van der Waals surface area contributed by atoms with Crippen molar-refractivity contribution in [2.45, 2.75) is 48.8 Å². The Bertz CT molecular complexity index is 762. The normalized spacial score (nSPS) is 34.3. The van der Waals surface area contributed by atoms with E-state index in [2.05, 4.69) is 14.1 Å². The lowest BCUT2D eigenvalue weighted by Gasteiger charge is -2.45. The van der Waals surface area contributed by atoms with Gasteiger partial charge in [0.2, 0.25) is 5.60 Å². The predicted molar refractivity (Wildman–Crippen MR) is 99.1 cm³/mol. The van der Waals surface area contributed by atoms with Gasteiger partial charge in [-0.3, -0.25) is 0 Å². The number of ether oxygens (including phenoxy) is 2. The number of piperidine rings is 1. The molecule has 1 N–H and O–H groups in total. The van der Waals surface area contributed by atoms with Crippen LogP contribution in [0, 0.1) is 0 Å². The second kappa shape index (κ2) is 5.62. The van der Waals surface area contributed by atoms with Crippen LogP contribution >= 0.6 is 22.7 Å². The number of carbonyl (C=O) groups is 1. The molecule has 3 aliphatic rings. The summed E-state index contributed by atoms with van der Waals surface area (Å²) < 4.78 is 12.6. The van der Waals surface area contributed by atoms with Gasteiger partial charge >= 0.3 is 5.97 Å². The lowest BCUT2D eigenvalue weighted by atomic mass is 9.95. The number of epoxide rings is 1. The van der Waals surface area contributed by atoms with Crippen molar-refractivity contribution in [1.82, 2.24) is 0 Å². The molecule has 0 aliphatic carbocycles. The third kappa shape index (κ3) is 2.28. The SMILES string of the molecule is C[N+]1(C)C2CC(OC(=O)C(O)(c3cccs3)c3cccs3)C[C@H]1[C@@H]1OC21. The standard InChI is InChI=1S/C19H22NO4S2/c1-20(2)12-9-11(10-13(20)17-16(12)24-17)23-18(21)19(22,14-5-3-7-25-14)15-6-4-8-26-15/h3-8,11-13,16-17,22H,9-10H2,1-2H3/q+1/t11?,12-,13?,16-,17?/m0/s1. The fourth-order valence-electron chi connectivity index (χ4n) is 4.83. The molecule has 138 valence electrons. The highest BCUT2D eigenvalue weighted by molar-refractivity contribution is 7.12. The Labute approximate surface area is 160 Å². The number of thiophene rings is 2. The average Bonchev–Trinajstić information content (AvgIpc) is 2.98. The van der Waals surface area contributed by atoms with Crippen LogP contribution < -0.4 is 0 Å². The van der Waals surface area contributed by atoms with Crippen molar-refractivity contribution in [3.8, 4) is 0 Å². The van der Waals surface area contributed by atoms with E-state index in [0.29, 0.717) is 34.0 Å². The van der Waals surface area contributed by atoms with Crippen LogP contribution in [0.15, 0.2) is 35.0 Å². The van der Waals surface area contributed by atoms with Crippen molar-refractivity contribution >= 4 is 28.6 Å². The highest BCUT2D eigenvalue weighted by atomic mass is 32.1. The molecule has 5 heterocycles. The molecule has 3 fully saturated rings. The number of nitrogens with zero attached hydrogens (tertiary/aromatic N) is 1. The van der Waals surface area contributed by atoms with Gasteiger partial charge in [-0.25, -0.2) is 4.79 Å². The van der Waals surface area contributed by atoms with Gasteiger partial charge < -0.3 is 19.1 Å². The van der Waals surface area contributed by atoms with Gasteiger partial charge in [-0.2, -0.15) is 0 Å². The molecule has 0 amide bonds. The molecule has 0 aromatic carbocycles. The zero-order valence-corrected chi connectivity index (χ0v) is 16.3. The maximum atomic E-state index is 13.1. The van der Waals surface area contributed by atoms with Gasteiger partial charge in [0.1, 0.15) is 30.4 Å². The Kier molecular flexibility index (Phi) is 3.65. The van der Waals surface area contributed by atoms with Crippen molar-refractivity contribution in [2.75, 3.05) is 14.1 Å². The van der Waals surface area contributed by atoms with Crippen LogP contribution in [-0.2, 0) is 19.9 Å². The van der Waals surface area contributed by atoms with Crippen molar-refractivity contribution < 1.29 is 23.9 Å².